The van der Waals surface area contributed by atoms with Crippen molar-refractivity contribution in [2.45, 2.75) is 26.8 Å². The standard InChI is InChI=1S/C15H19ClN4O/c1-9(2)19-14-7-15(18-8-17-14)20-12-5-10(3)11(16)6-13(12)21-4/h5-9H,1-4H3,(H2,17,18,19,20). The van der Waals surface area contributed by atoms with Crippen LogP contribution in [0, 0.1) is 6.92 Å². The van der Waals surface area contributed by atoms with Crippen molar-refractivity contribution in [3.8, 4) is 5.75 Å². The van der Waals surface area contributed by atoms with Crippen molar-refractivity contribution in [3.05, 3.63) is 35.1 Å². The SMILES string of the molecule is COc1cc(Cl)c(C)cc1Nc1cc(NC(C)C)ncn1. The molecule has 0 aliphatic carbocycles. The highest BCUT2D eigenvalue weighted by Crippen LogP contribution is 2.32. The first kappa shape index (κ1) is 15.4. The molecule has 1 heterocycles. The van der Waals surface area contributed by atoms with Gasteiger partial charge in [-0.25, -0.2) is 9.97 Å². The van der Waals surface area contributed by atoms with Gasteiger partial charge in [0.25, 0.3) is 0 Å². The predicted molar refractivity (Wildman–Crippen MR) is 86.8 cm³/mol. The molecule has 112 valence electrons. The maximum Gasteiger partial charge on any atom is 0.143 e. The summed E-state index contributed by atoms with van der Waals surface area (Å²) >= 11 is 6.11. The van der Waals surface area contributed by atoms with Crippen molar-refractivity contribution < 1.29 is 4.74 Å². The zero-order valence-corrected chi connectivity index (χ0v) is 13.3. The second-order valence-electron chi connectivity index (χ2n) is 5.01. The Balaban J connectivity index is 2.27. The highest BCUT2D eigenvalue weighted by molar-refractivity contribution is 6.31. The molecule has 0 radical (unpaired) electrons. The van der Waals surface area contributed by atoms with Crippen LogP contribution in [0.5, 0.6) is 5.75 Å². The molecular formula is C15H19ClN4O. The van der Waals surface area contributed by atoms with Gasteiger partial charge in [-0.1, -0.05) is 11.6 Å². The molecule has 2 N–H and O–H groups in total. The number of nitrogens with zero attached hydrogens (tertiary/aromatic N) is 2. The summed E-state index contributed by atoms with van der Waals surface area (Å²) in [6, 6.07) is 5.87. The van der Waals surface area contributed by atoms with Crippen LogP contribution in [-0.4, -0.2) is 23.1 Å². The Morgan fingerprint density at radius 1 is 1.14 bits per heavy atom. The number of anilines is 3. The van der Waals surface area contributed by atoms with Crippen LogP contribution in [-0.2, 0) is 0 Å². The highest BCUT2D eigenvalue weighted by Gasteiger charge is 2.08. The molecule has 1 aromatic heterocycles. The predicted octanol–water partition coefficient (Wildman–Crippen LogP) is 4.01. The summed E-state index contributed by atoms with van der Waals surface area (Å²) in [6.07, 6.45) is 1.52. The fraction of sp³-hybridized carbons (Fsp3) is 0.333. The Kier molecular flexibility index (Phi) is 4.85. The Morgan fingerprint density at radius 2 is 1.86 bits per heavy atom. The summed E-state index contributed by atoms with van der Waals surface area (Å²) in [5.41, 5.74) is 1.78. The number of methoxy groups -OCH3 is 1. The van der Waals surface area contributed by atoms with Gasteiger partial charge in [0.05, 0.1) is 12.8 Å². The van der Waals surface area contributed by atoms with Gasteiger partial charge in [-0.3, -0.25) is 0 Å². The summed E-state index contributed by atoms with van der Waals surface area (Å²) < 4.78 is 5.34. The van der Waals surface area contributed by atoms with E-state index in [-0.39, 0.29) is 0 Å². The van der Waals surface area contributed by atoms with E-state index in [9.17, 15) is 0 Å². The number of hydrogen-bond donors (Lipinski definition) is 2. The van der Waals surface area contributed by atoms with Gasteiger partial charge < -0.3 is 15.4 Å². The maximum atomic E-state index is 6.11. The van der Waals surface area contributed by atoms with E-state index < -0.39 is 0 Å². The summed E-state index contributed by atoms with van der Waals surface area (Å²) in [7, 11) is 1.61. The molecule has 0 spiro atoms. The van der Waals surface area contributed by atoms with Crippen molar-refractivity contribution in [2.24, 2.45) is 0 Å². The van der Waals surface area contributed by atoms with E-state index in [0.29, 0.717) is 22.6 Å². The monoisotopic (exact) mass is 306 g/mol. The lowest BCUT2D eigenvalue weighted by Crippen LogP contribution is -2.11. The summed E-state index contributed by atoms with van der Waals surface area (Å²) in [5, 5.41) is 7.14. The first-order valence-corrected chi connectivity index (χ1v) is 7.07. The molecular weight excluding hydrogens is 288 g/mol. The third-order valence-electron chi connectivity index (χ3n) is 2.85. The van der Waals surface area contributed by atoms with E-state index >= 15 is 0 Å². The third kappa shape index (κ3) is 3.98. The Labute approximate surface area is 129 Å². The summed E-state index contributed by atoms with van der Waals surface area (Å²) in [6.45, 7) is 6.06. The summed E-state index contributed by atoms with van der Waals surface area (Å²) in [4.78, 5) is 8.40. The van der Waals surface area contributed by atoms with E-state index in [4.69, 9.17) is 16.3 Å². The smallest absolute Gasteiger partial charge is 0.143 e. The van der Waals surface area contributed by atoms with Crippen molar-refractivity contribution >= 4 is 28.9 Å². The number of aromatic nitrogens is 2. The van der Waals surface area contributed by atoms with Crippen LogP contribution in [0.4, 0.5) is 17.3 Å². The van der Waals surface area contributed by atoms with Gasteiger partial charge in [-0.05, 0) is 32.4 Å². The largest absolute Gasteiger partial charge is 0.495 e. The summed E-state index contributed by atoms with van der Waals surface area (Å²) in [5.74, 6) is 2.13. The molecule has 0 atom stereocenters. The number of rotatable bonds is 5. The van der Waals surface area contributed by atoms with Gasteiger partial charge in [0.2, 0.25) is 0 Å². The van der Waals surface area contributed by atoms with E-state index in [1.807, 2.05) is 19.1 Å². The zero-order chi connectivity index (χ0) is 15.4. The number of ether oxygens (including phenoxy) is 1. The number of aryl methyl sites for hydroxylation is 1. The molecule has 0 unspecified atom stereocenters. The fourth-order valence-corrected chi connectivity index (χ4v) is 2.02. The van der Waals surface area contributed by atoms with E-state index in [0.717, 1.165) is 17.1 Å². The van der Waals surface area contributed by atoms with Crippen LogP contribution in [0.25, 0.3) is 0 Å². The lowest BCUT2D eigenvalue weighted by Gasteiger charge is -2.14. The fourth-order valence-electron chi connectivity index (χ4n) is 1.87. The minimum Gasteiger partial charge on any atom is -0.495 e. The lowest BCUT2D eigenvalue weighted by molar-refractivity contribution is 0.416. The van der Waals surface area contributed by atoms with Crippen molar-refractivity contribution in [1.29, 1.82) is 0 Å². The van der Waals surface area contributed by atoms with Crippen LogP contribution in [0.2, 0.25) is 5.02 Å². The van der Waals surface area contributed by atoms with Gasteiger partial charge in [0.1, 0.15) is 23.7 Å². The Bertz CT molecular complexity index is 631. The first-order valence-electron chi connectivity index (χ1n) is 6.69. The van der Waals surface area contributed by atoms with Crippen molar-refractivity contribution in [2.75, 3.05) is 17.7 Å². The van der Waals surface area contributed by atoms with Crippen LogP contribution < -0.4 is 15.4 Å². The minimum absolute atomic E-state index is 0.306. The normalized spacial score (nSPS) is 10.6. The van der Waals surface area contributed by atoms with Gasteiger partial charge in [0.15, 0.2) is 0 Å². The molecule has 1 aromatic carbocycles. The van der Waals surface area contributed by atoms with Crippen LogP contribution in [0.3, 0.4) is 0 Å². The van der Waals surface area contributed by atoms with E-state index in [1.165, 1.54) is 6.33 Å². The van der Waals surface area contributed by atoms with Gasteiger partial charge in [-0.2, -0.15) is 0 Å². The number of nitrogens with one attached hydrogen (secondary N) is 2. The second kappa shape index (κ2) is 6.63. The number of halogens is 1. The lowest BCUT2D eigenvalue weighted by atomic mass is 10.2. The maximum absolute atomic E-state index is 6.11. The number of benzene rings is 1. The van der Waals surface area contributed by atoms with Crippen LogP contribution in [0.15, 0.2) is 24.5 Å². The zero-order valence-electron chi connectivity index (χ0n) is 12.6. The van der Waals surface area contributed by atoms with Gasteiger partial charge in [-0.15, -0.1) is 0 Å². The van der Waals surface area contributed by atoms with Crippen LogP contribution >= 0.6 is 11.6 Å². The minimum atomic E-state index is 0.306. The first-order chi connectivity index (χ1) is 9.99. The second-order valence-corrected chi connectivity index (χ2v) is 5.42. The molecule has 0 fully saturated rings. The molecule has 2 rings (SSSR count). The average Bonchev–Trinajstić information content (AvgIpc) is 2.42. The Morgan fingerprint density at radius 3 is 2.52 bits per heavy atom. The topological polar surface area (TPSA) is 59.1 Å². The molecule has 6 heteroatoms. The van der Waals surface area contributed by atoms with Crippen molar-refractivity contribution in [3.63, 3.8) is 0 Å². The molecule has 5 nitrogen and oxygen atoms in total. The molecule has 0 aliphatic heterocycles. The molecule has 0 bridgehead atoms. The highest BCUT2D eigenvalue weighted by atomic mass is 35.5. The molecule has 0 amide bonds. The van der Waals surface area contributed by atoms with E-state index in [1.54, 1.807) is 13.2 Å². The molecule has 0 saturated heterocycles. The average molecular weight is 307 g/mol. The third-order valence-corrected chi connectivity index (χ3v) is 3.25. The van der Waals surface area contributed by atoms with Gasteiger partial charge >= 0.3 is 0 Å². The van der Waals surface area contributed by atoms with E-state index in [2.05, 4.69) is 34.4 Å². The quantitative estimate of drug-likeness (QED) is 0.874. The Hall–Kier alpha value is -2.01. The number of hydrogen-bond acceptors (Lipinski definition) is 5. The van der Waals surface area contributed by atoms with Crippen LogP contribution in [0.1, 0.15) is 19.4 Å². The molecule has 0 aliphatic rings. The van der Waals surface area contributed by atoms with Gasteiger partial charge in [0, 0.05) is 23.2 Å². The molecule has 0 saturated carbocycles. The molecule has 2 aromatic rings. The van der Waals surface area contributed by atoms with Crippen molar-refractivity contribution in [1.82, 2.24) is 9.97 Å². The molecule has 21 heavy (non-hydrogen) atoms.